The Morgan fingerprint density at radius 1 is 1.15 bits per heavy atom. The summed E-state index contributed by atoms with van der Waals surface area (Å²) in [5.74, 6) is 0.149. The Kier molecular flexibility index (Phi) is 6.30. The number of thioether (sulfide) groups is 1. The molecular weight excluding hydrogens is 456 g/mol. The van der Waals surface area contributed by atoms with E-state index >= 15 is 0 Å². The fraction of sp³-hybridized carbons (Fsp3) is 0.304. The minimum absolute atomic E-state index is 0.0908. The van der Waals surface area contributed by atoms with Gasteiger partial charge in [-0.3, -0.25) is 9.36 Å². The number of fused-ring (bicyclic) bond motifs is 1. The molecule has 0 aliphatic carbocycles. The molecule has 33 heavy (non-hydrogen) atoms. The molecule has 1 saturated heterocycles. The fourth-order valence-electron chi connectivity index (χ4n) is 3.58. The molecule has 5 rings (SSSR count). The number of aryl methyl sites for hydroxylation is 2. The summed E-state index contributed by atoms with van der Waals surface area (Å²) in [6, 6.07) is 12.0. The van der Waals surface area contributed by atoms with Crippen LogP contribution < -0.4 is 10.2 Å². The van der Waals surface area contributed by atoms with Crippen LogP contribution in [0, 0.1) is 13.8 Å². The third kappa shape index (κ3) is 4.87. The van der Waals surface area contributed by atoms with Crippen LogP contribution in [0.2, 0.25) is 0 Å². The molecule has 4 aromatic rings. The second-order valence-corrected chi connectivity index (χ2v) is 9.82. The highest BCUT2D eigenvalue weighted by molar-refractivity contribution is 7.99. The first kappa shape index (κ1) is 21.9. The third-order valence-electron chi connectivity index (χ3n) is 5.56. The number of carbonyl (C=O) groups is 1. The van der Waals surface area contributed by atoms with Crippen LogP contribution in [0.5, 0.6) is 0 Å². The number of benzene rings is 2. The lowest BCUT2D eigenvalue weighted by molar-refractivity contribution is -0.113. The number of hydrogen-bond acceptors (Lipinski definition) is 8. The van der Waals surface area contributed by atoms with Crippen LogP contribution in [0.4, 0.5) is 10.8 Å². The lowest BCUT2D eigenvalue weighted by Gasteiger charge is -2.25. The van der Waals surface area contributed by atoms with Crippen LogP contribution in [0.3, 0.4) is 0 Å². The molecule has 8 nitrogen and oxygen atoms in total. The van der Waals surface area contributed by atoms with Crippen LogP contribution in [0.25, 0.3) is 15.9 Å². The van der Waals surface area contributed by atoms with Gasteiger partial charge in [0.05, 0.1) is 29.2 Å². The average molecular weight is 481 g/mol. The molecule has 0 atom stereocenters. The average Bonchev–Trinajstić information content (AvgIpc) is 3.47. The van der Waals surface area contributed by atoms with Crippen molar-refractivity contribution in [1.29, 1.82) is 0 Å². The molecule has 1 amide bonds. The maximum absolute atomic E-state index is 12.6. The number of aromatic nitrogens is 4. The normalized spacial score (nSPS) is 14.1. The molecule has 0 unspecified atom stereocenters. The number of thiazole rings is 1. The first-order chi connectivity index (χ1) is 16.1. The van der Waals surface area contributed by atoms with E-state index in [0.717, 1.165) is 53.0 Å². The molecular formula is C23H24N6O2S2. The Morgan fingerprint density at radius 3 is 2.82 bits per heavy atom. The molecule has 0 radical (unpaired) electrons. The van der Waals surface area contributed by atoms with Crippen LogP contribution in [-0.2, 0) is 9.53 Å². The maximum Gasteiger partial charge on any atom is 0.234 e. The number of nitrogens with zero attached hydrogens (tertiary/aromatic N) is 5. The van der Waals surface area contributed by atoms with Gasteiger partial charge >= 0.3 is 0 Å². The standard InChI is InChI=1S/C23H24N6O2S2/c1-15-3-5-18(11-16(15)2)29-14-24-27-23(29)32-13-21(30)25-17-4-6-19-20(12-17)33-22(26-19)28-7-9-31-10-8-28/h3-6,11-12,14H,7-10,13H2,1-2H3,(H,25,30). The van der Waals surface area contributed by atoms with Crippen molar-refractivity contribution < 1.29 is 9.53 Å². The summed E-state index contributed by atoms with van der Waals surface area (Å²) < 4.78 is 8.38. The Labute approximate surface area is 200 Å². The molecule has 0 spiro atoms. The van der Waals surface area contributed by atoms with E-state index in [1.165, 1.54) is 22.9 Å². The van der Waals surface area contributed by atoms with Crippen molar-refractivity contribution in [2.45, 2.75) is 19.0 Å². The lowest BCUT2D eigenvalue weighted by atomic mass is 10.1. The highest BCUT2D eigenvalue weighted by atomic mass is 32.2. The number of nitrogens with one attached hydrogen (secondary N) is 1. The van der Waals surface area contributed by atoms with Crippen LogP contribution in [-0.4, -0.2) is 57.7 Å². The van der Waals surface area contributed by atoms with E-state index in [1.807, 2.05) is 28.8 Å². The predicted molar refractivity (Wildman–Crippen MR) is 133 cm³/mol. The van der Waals surface area contributed by atoms with Crippen molar-refractivity contribution in [3.63, 3.8) is 0 Å². The van der Waals surface area contributed by atoms with Gasteiger partial charge < -0.3 is 15.0 Å². The SMILES string of the molecule is Cc1ccc(-n2cnnc2SCC(=O)Nc2ccc3nc(N4CCOCC4)sc3c2)cc1C. The molecule has 1 aliphatic heterocycles. The van der Waals surface area contributed by atoms with E-state index in [9.17, 15) is 4.79 Å². The summed E-state index contributed by atoms with van der Waals surface area (Å²) in [6.07, 6.45) is 1.67. The molecule has 1 N–H and O–H groups in total. The quantitative estimate of drug-likeness (QED) is 0.417. The first-order valence-corrected chi connectivity index (χ1v) is 12.5. The highest BCUT2D eigenvalue weighted by Crippen LogP contribution is 2.31. The smallest absolute Gasteiger partial charge is 0.234 e. The third-order valence-corrected chi connectivity index (χ3v) is 7.58. The zero-order valence-corrected chi connectivity index (χ0v) is 20.1. The Balaban J connectivity index is 1.23. The number of morpholine rings is 1. The monoisotopic (exact) mass is 480 g/mol. The molecule has 1 aliphatic rings. The van der Waals surface area contributed by atoms with Gasteiger partial charge in [0.25, 0.3) is 0 Å². The summed E-state index contributed by atoms with van der Waals surface area (Å²) in [6.45, 7) is 7.32. The van der Waals surface area contributed by atoms with E-state index in [1.54, 1.807) is 17.7 Å². The van der Waals surface area contributed by atoms with Crippen LogP contribution in [0.1, 0.15) is 11.1 Å². The Hall–Kier alpha value is -2.95. The van der Waals surface area contributed by atoms with Gasteiger partial charge in [0, 0.05) is 24.5 Å². The predicted octanol–water partition coefficient (Wildman–Crippen LogP) is 4.06. The van der Waals surface area contributed by atoms with E-state index < -0.39 is 0 Å². The topological polar surface area (TPSA) is 85.2 Å². The van der Waals surface area contributed by atoms with E-state index in [2.05, 4.69) is 46.4 Å². The summed E-state index contributed by atoms with van der Waals surface area (Å²) >= 11 is 3.00. The number of ether oxygens (including phenoxy) is 1. The summed E-state index contributed by atoms with van der Waals surface area (Å²) in [5, 5.41) is 12.9. The van der Waals surface area contributed by atoms with E-state index in [4.69, 9.17) is 9.72 Å². The number of amides is 1. The molecule has 2 aromatic heterocycles. The number of carbonyl (C=O) groups excluding carboxylic acids is 1. The Bertz CT molecular complexity index is 1300. The van der Waals surface area contributed by atoms with Gasteiger partial charge in [-0.15, -0.1) is 10.2 Å². The van der Waals surface area contributed by atoms with E-state index in [0.29, 0.717) is 5.16 Å². The van der Waals surface area contributed by atoms with Crippen LogP contribution >= 0.6 is 23.1 Å². The van der Waals surface area contributed by atoms with E-state index in [-0.39, 0.29) is 11.7 Å². The van der Waals surface area contributed by atoms with Gasteiger partial charge in [-0.25, -0.2) is 4.98 Å². The summed E-state index contributed by atoms with van der Waals surface area (Å²) in [7, 11) is 0. The van der Waals surface area contributed by atoms with Crippen LogP contribution in [0.15, 0.2) is 47.9 Å². The second kappa shape index (κ2) is 9.50. The minimum Gasteiger partial charge on any atom is -0.378 e. The van der Waals surface area contributed by atoms with Gasteiger partial charge in [0.2, 0.25) is 5.91 Å². The van der Waals surface area contributed by atoms with Crippen molar-refractivity contribution in [2.24, 2.45) is 0 Å². The van der Waals surface area contributed by atoms with Gasteiger partial charge in [-0.1, -0.05) is 29.2 Å². The second-order valence-electron chi connectivity index (χ2n) is 7.87. The summed E-state index contributed by atoms with van der Waals surface area (Å²) in [5.41, 5.74) is 5.12. The number of rotatable bonds is 6. The lowest BCUT2D eigenvalue weighted by Crippen LogP contribution is -2.36. The van der Waals surface area contributed by atoms with Gasteiger partial charge in [0.15, 0.2) is 10.3 Å². The fourth-order valence-corrected chi connectivity index (χ4v) is 5.37. The maximum atomic E-state index is 12.6. The van der Waals surface area contributed by atoms with Gasteiger partial charge in [0.1, 0.15) is 6.33 Å². The first-order valence-electron chi connectivity index (χ1n) is 10.7. The van der Waals surface area contributed by atoms with Crippen molar-refractivity contribution in [1.82, 2.24) is 19.7 Å². The molecule has 0 bridgehead atoms. The zero-order valence-electron chi connectivity index (χ0n) is 18.4. The highest BCUT2D eigenvalue weighted by Gasteiger charge is 2.16. The van der Waals surface area contributed by atoms with Crippen molar-refractivity contribution in [2.75, 3.05) is 42.3 Å². The molecule has 1 fully saturated rings. The number of anilines is 2. The largest absolute Gasteiger partial charge is 0.378 e. The molecule has 170 valence electrons. The van der Waals surface area contributed by atoms with Gasteiger partial charge in [-0.2, -0.15) is 0 Å². The number of hydrogen-bond donors (Lipinski definition) is 1. The molecule has 0 saturated carbocycles. The zero-order chi connectivity index (χ0) is 22.8. The van der Waals surface area contributed by atoms with Crippen molar-refractivity contribution >= 4 is 50.0 Å². The van der Waals surface area contributed by atoms with Crippen molar-refractivity contribution in [3.05, 3.63) is 53.9 Å². The Morgan fingerprint density at radius 2 is 2.00 bits per heavy atom. The molecule has 10 heteroatoms. The summed E-state index contributed by atoms with van der Waals surface area (Å²) in [4.78, 5) is 19.6. The van der Waals surface area contributed by atoms with Gasteiger partial charge in [-0.05, 0) is 55.3 Å². The van der Waals surface area contributed by atoms with Crippen molar-refractivity contribution in [3.8, 4) is 5.69 Å². The molecule has 2 aromatic carbocycles. The molecule has 3 heterocycles. The minimum atomic E-state index is -0.0908.